The van der Waals surface area contributed by atoms with Gasteiger partial charge in [0.25, 0.3) is 0 Å². The summed E-state index contributed by atoms with van der Waals surface area (Å²) in [5.41, 5.74) is 4.02. The van der Waals surface area contributed by atoms with Crippen LogP contribution in [-0.2, 0) is 0 Å². The Balaban J connectivity index is 2.12. The third-order valence-electron chi connectivity index (χ3n) is 3.54. The molecule has 0 atom stereocenters. The zero-order valence-corrected chi connectivity index (χ0v) is 12.1. The molecule has 4 aromatic rings. The molecule has 0 aliphatic rings. The van der Waals surface area contributed by atoms with Crippen LogP contribution in [0.3, 0.4) is 0 Å². The second-order valence-electron chi connectivity index (χ2n) is 4.72. The fourth-order valence-corrected chi connectivity index (χ4v) is 2.61. The molecule has 0 saturated carbocycles. The minimum absolute atomic E-state index is 0.339. The largest absolute Gasteiger partial charge is 0.275 e. The van der Waals surface area contributed by atoms with Crippen LogP contribution in [0.1, 0.15) is 11.4 Å². The van der Waals surface area contributed by atoms with Gasteiger partial charge in [-0.15, -0.1) is 10.2 Å². The van der Waals surface area contributed by atoms with Crippen molar-refractivity contribution in [3.05, 3.63) is 41.3 Å². The number of aryl methyl sites for hydroxylation is 2. The summed E-state index contributed by atoms with van der Waals surface area (Å²) in [6, 6.07) is 0. The normalized spacial score (nSPS) is 11.6. The van der Waals surface area contributed by atoms with E-state index in [1.165, 1.54) is 0 Å². The number of hydrogen-bond acceptors (Lipinski definition) is 5. The van der Waals surface area contributed by atoms with E-state index >= 15 is 0 Å². The highest BCUT2D eigenvalue weighted by molar-refractivity contribution is 6.32. The molecule has 0 fully saturated rings. The second kappa shape index (κ2) is 4.23. The number of fused-ring (bicyclic) bond motifs is 2. The highest BCUT2D eigenvalue weighted by Gasteiger charge is 2.18. The third kappa shape index (κ3) is 1.64. The van der Waals surface area contributed by atoms with E-state index in [0.29, 0.717) is 16.6 Å². The van der Waals surface area contributed by atoms with Gasteiger partial charge in [0.1, 0.15) is 0 Å². The standard InChI is InChI=1S/C13H10ClN7/c1-7-8(2)21-12(18-19-13(21)11(14)17-7)9-5-16-20-4-3-15-6-10(9)20/h3-6H,1-2H3. The first-order chi connectivity index (χ1) is 10.2. The van der Waals surface area contributed by atoms with Crippen molar-refractivity contribution in [1.82, 2.24) is 34.2 Å². The Labute approximate surface area is 124 Å². The highest BCUT2D eigenvalue weighted by Crippen LogP contribution is 2.26. The number of rotatable bonds is 1. The SMILES string of the molecule is Cc1nc(Cl)c2nnc(-c3cnn4ccncc34)n2c1C. The van der Waals surface area contributed by atoms with Gasteiger partial charge in [-0.25, -0.2) is 9.50 Å². The molecule has 0 aromatic carbocycles. The lowest BCUT2D eigenvalue weighted by Crippen LogP contribution is -2.00. The highest BCUT2D eigenvalue weighted by atomic mass is 35.5. The third-order valence-corrected chi connectivity index (χ3v) is 3.79. The van der Waals surface area contributed by atoms with Crippen molar-refractivity contribution in [2.45, 2.75) is 13.8 Å². The van der Waals surface area contributed by atoms with Crippen molar-refractivity contribution in [3.63, 3.8) is 0 Å². The quantitative estimate of drug-likeness (QED) is 0.538. The smallest absolute Gasteiger partial charge is 0.199 e. The minimum atomic E-state index is 0.339. The zero-order chi connectivity index (χ0) is 14.6. The van der Waals surface area contributed by atoms with Crippen LogP contribution >= 0.6 is 11.6 Å². The minimum Gasteiger partial charge on any atom is -0.275 e. The molecule has 0 bridgehead atoms. The van der Waals surface area contributed by atoms with Gasteiger partial charge in [0.15, 0.2) is 16.6 Å². The van der Waals surface area contributed by atoms with Gasteiger partial charge in [-0.3, -0.25) is 9.38 Å². The Morgan fingerprint density at radius 1 is 1.14 bits per heavy atom. The Bertz CT molecular complexity index is 985. The van der Waals surface area contributed by atoms with Gasteiger partial charge in [0.05, 0.1) is 29.2 Å². The lowest BCUT2D eigenvalue weighted by molar-refractivity contribution is 0.946. The maximum atomic E-state index is 6.16. The number of aromatic nitrogens is 7. The first-order valence-corrected chi connectivity index (χ1v) is 6.70. The molecule has 4 rings (SSSR count). The molecule has 4 heterocycles. The Kier molecular flexibility index (Phi) is 2.46. The van der Waals surface area contributed by atoms with E-state index in [1.54, 1.807) is 29.3 Å². The maximum absolute atomic E-state index is 6.16. The van der Waals surface area contributed by atoms with Gasteiger partial charge in [-0.05, 0) is 13.8 Å². The van der Waals surface area contributed by atoms with Gasteiger partial charge >= 0.3 is 0 Å². The average Bonchev–Trinajstić information content (AvgIpc) is 3.08. The van der Waals surface area contributed by atoms with E-state index in [4.69, 9.17) is 11.6 Å². The van der Waals surface area contributed by atoms with Crippen molar-refractivity contribution in [2.75, 3.05) is 0 Å². The second-order valence-corrected chi connectivity index (χ2v) is 5.08. The molecule has 7 nitrogen and oxygen atoms in total. The van der Waals surface area contributed by atoms with Gasteiger partial charge < -0.3 is 0 Å². The zero-order valence-electron chi connectivity index (χ0n) is 11.3. The molecular formula is C13H10ClN7. The average molecular weight is 300 g/mol. The summed E-state index contributed by atoms with van der Waals surface area (Å²) in [7, 11) is 0. The Morgan fingerprint density at radius 2 is 2.00 bits per heavy atom. The summed E-state index contributed by atoms with van der Waals surface area (Å²) in [5, 5.41) is 13.0. The number of halogens is 1. The van der Waals surface area contributed by atoms with Crippen LogP contribution < -0.4 is 0 Å². The monoisotopic (exact) mass is 299 g/mol. The first-order valence-electron chi connectivity index (χ1n) is 6.32. The van der Waals surface area contributed by atoms with Crippen LogP contribution in [-0.4, -0.2) is 34.2 Å². The van der Waals surface area contributed by atoms with Crippen LogP contribution in [0.2, 0.25) is 5.15 Å². The Morgan fingerprint density at radius 3 is 2.86 bits per heavy atom. The molecule has 0 spiro atoms. The molecule has 8 heteroatoms. The lowest BCUT2D eigenvalue weighted by Gasteiger charge is -2.06. The van der Waals surface area contributed by atoms with E-state index in [-0.39, 0.29) is 0 Å². The summed E-state index contributed by atoms with van der Waals surface area (Å²) >= 11 is 6.16. The van der Waals surface area contributed by atoms with Gasteiger partial charge in [0.2, 0.25) is 0 Å². The molecule has 104 valence electrons. The fourth-order valence-electron chi connectivity index (χ4n) is 2.36. The molecular weight excluding hydrogens is 290 g/mol. The molecule has 0 amide bonds. The van der Waals surface area contributed by atoms with Crippen molar-refractivity contribution in [1.29, 1.82) is 0 Å². The molecule has 0 saturated heterocycles. The van der Waals surface area contributed by atoms with Crippen LogP contribution in [0.15, 0.2) is 24.8 Å². The summed E-state index contributed by atoms with van der Waals surface area (Å²) in [6.45, 7) is 3.87. The molecule has 0 unspecified atom stereocenters. The van der Waals surface area contributed by atoms with Crippen molar-refractivity contribution in [3.8, 4) is 11.4 Å². The summed E-state index contributed by atoms with van der Waals surface area (Å²) in [5.74, 6) is 0.679. The van der Waals surface area contributed by atoms with E-state index in [1.807, 2.05) is 18.2 Å². The van der Waals surface area contributed by atoms with Crippen LogP contribution in [0.5, 0.6) is 0 Å². The van der Waals surface area contributed by atoms with E-state index in [9.17, 15) is 0 Å². The molecule has 4 aromatic heterocycles. The Hall–Kier alpha value is -2.54. The van der Waals surface area contributed by atoms with Gasteiger partial charge in [0, 0.05) is 18.1 Å². The van der Waals surface area contributed by atoms with E-state index < -0.39 is 0 Å². The van der Waals surface area contributed by atoms with Gasteiger partial charge in [-0.1, -0.05) is 11.6 Å². The van der Waals surface area contributed by atoms with Crippen molar-refractivity contribution >= 4 is 22.8 Å². The topological polar surface area (TPSA) is 73.3 Å². The van der Waals surface area contributed by atoms with E-state index in [2.05, 4.69) is 25.3 Å². The van der Waals surface area contributed by atoms with Crippen LogP contribution in [0.25, 0.3) is 22.6 Å². The summed E-state index contributed by atoms with van der Waals surface area (Å²) in [4.78, 5) is 8.40. The van der Waals surface area contributed by atoms with Gasteiger partial charge in [-0.2, -0.15) is 5.10 Å². The lowest BCUT2D eigenvalue weighted by atomic mass is 10.2. The summed E-state index contributed by atoms with van der Waals surface area (Å²) < 4.78 is 3.64. The molecule has 21 heavy (non-hydrogen) atoms. The molecule has 0 radical (unpaired) electrons. The van der Waals surface area contributed by atoms with Crippen LogP contribution in [0.4, 0.5) is 0 Å². The number of nitrogens with zero attached hydrogens (tertiary/aromatic N) is 7. The van der Waals surface area contributed by atoms with E-state index in [0.717, 1.165) is 22.5 Å². The summed E-state index contributed by atoms with van der Waals surface area (Å²) in [6.07, 6.45) is 6.96. The molecule has 0 aliphatic carbocycles. The predicted octanol–water partition coefficient (Wildman–Crippen LogP) is 2.10. The maximum Gasteiger partial charge on any atom is 0.199 e. The van der Waals surface area contributed by atoms with Crippen molar-refractivity contribution < 1.29 is 0 Å². The fraction of sp³-hybridized carbons (Fsp3) is 0.154. The molecule has 0 aliphatic heterocycles. The predicted molar refractivity (Wildman–Crippen MR) is 77.2 cm³/mol. The molecule has 0 N–H and O–H groups in total. The van der Waals surface area contributed by atoms with Crippen LogP contribution in [0, 0.1) is 13.8 Å². The van der Waals surface area contributed by atoms with Crippen molar-refractivity contribution in [2.24, 2.45) is 0 Å². The number of hydrogen-bond donors (Lipinski definition) is 0. The first kappa shape index (κ1) is 12.2.